The van der Waals surface area contributed by atoms with Crippen molar-refractivity contribution in [1.29, 1.82) is 0 Å². The number of hydrogen-bond acceptors (Lipinski definition) is 6. The van der Waals surface area contributed by atoms with Crippen LogP contribution in [0.1, 0.15) is 36.5 Å². The fraction of sp³-hybridized carbons (Fsp3) is 0.476. The lowest BCUT2D eigenvalue weighted by molar-refractivity contribution is 0.0835. The largest absolute Gasteiger partial charge is 0.413 e. The molecule has 0 unspecified atom stereocenters. The van der Waals surface area contributed by atoms with Gasteiger partial charge in [0.15, 0.2) is 8.32 Å². The zero-order valence-corrected chi connectivity index (χ0v) is 19.9. The number of carbonyl (C=O) groups is 1. The minimum atomic E-state index is -1.85. The molecule has 2 atom stereocenters. The fourth-order valence-electron chi connectivity index (χ4n) is 2.65. The molecule has 0 aliphatic carbocycles. The number of hydrogen-bond donors (Lipinski definition) is 1. The van der Waals surface area contributed by atoms with Gasteiger partial charge in [-0.05, 0) is 36.3 Å². The molecule has 7 nitrogen and oxygen atoms in total. The van der Waals surface area contributed by atoms with Gasteiger partial charge < -0.3 is 14.5 Å². The highest BCUT2D eigenvalue weighted by Gasteiger charge is 2.39. The number of nitrogens with one attached hydrogen (secondary N) is 1. The average Bonchev–Trinajstić information content (AvgIpc) is 3.15. The SMILES string of the molecule is CC(C)(C)[Si](C)(C)OC[C@@H]1OC[C@H](n2ccc(NC(=O)c3ccccc3)nc2=O)S1. The molecule has 9 heteroatoms. The molecule has 3 rings (SSSR count). The van der Waals surface area contributed by atoms with Crippen LogP contribution in [0.2, 0.25) is 18.1 Å². The van der Waals surface area contributed by atoms with E-state index in [4.69, 9.17) is 9.16 Å². The first-order valence-corrected chi connectivity index (χ1v) is 13.8. The lowest BCUT2D eigenvalue weighted by atomic mass is 10.2. The summed E-state index contributed by atoms with van der Waals surface area (Å²) >= 11 is 1.56. The first kappa shape index (κ1) is 22.7. The number of thioether (sulfide) groups is 1. The highest BCUT2D eigenvalue weighted by molar-refractivity contribution is 8.00. The first-order valence-electron chi connectivity index (χ1n) is 9.93. The number of anilines is 1. The van der Waals surface area contributed by atoms with E-state index >= 15 is 0 Å². The number of aromatic nitrogens is 2. The molecule has 2 aromatic rings. The van der Waals surface area contributed by atoms with Crippen LogP contribution in [-0.4, -0.2) is 42.4 Å². The first-order chi connectivity index (χ1) is 14.1. The Balaban J connectivity index is 1.60. The van der Waals surface area contributed by atoms with Crippen molar-refractivity contribution in [2.45, 2.75) is 49.7 Å². The van der Waals surface area contributed by atoms with Crippen molar-refractivity contribution in [3.63, 3.8) is 0 Å². The maximum absolute atomic E-state index is 12.5. The molecule has 0 saturated carbocycles. The van der Waals surface area contributed by atoms with Gasteiger partial charge in [-0.3, -0.25) is 9.36 Å². The van der Waals surface area contributed by atoms with Crippen molar-refractivity contribution in [2.75, 3.05) is 18.5 Å². The van der Waals surface area contributed by atoms with E-state index in [1.807, 2.05) is 6.07 Å². The molecule has 1 N–H and O–H groups in total. The number of benzene rings is 1. The molecule has 1 aliphatic rings. The number of nitrogens with zero attached hydrogens (tertiary/aromatic N) is 2. The minimum Gasteiger partial charge on any atom is -0.413 e. The van der Waals surface area contributed by atoms with Crippen LogP contribution in [0.5, 0.6) is 0 Å². The Labute approximate surface area is 182 Å². The number of amides is 1. The lowest BCUT2D eigenvalue weighted by Gasteiger charge is -2.36. The van der Waals surface area contributed by atoms with E-state index < -0.39 is 14.0 Å². The van der Waals surface area contributed by atoms with Gasteiger partial charge in [-0.25, -0.2) is 4.79 Å². The van der Waals surface area contributed by atoms with Crippen LogP contribution < -0.4 is 11.0 Å². The van der Waals surface area contributed by atoms with Gasteiger partial charge in [0.2, 0.25) is 0 Å². The summed E-state index contributed by atoms with van der Waals surface area (Å²) in [5.74, 6) is -0.0755. The van der Waals surface area contributed by atoms with Crippen molar-refractivity contribution < 1.29 is 14.0 Å². The molecule has 30 heavy (non-hydrogen) atoms. The van der Waals surface area contributed by atoms with Crippen LogP contribution in [0.3, 0.4) is 0 Å². The second-order valence-electron chi connectivity index (χ2n) is 8.75. The second kappa shape index (κ2) is 9.05. The van der Waals surface area contributed by atoms with Crippen LogP contribution >= 0.6 is 11.8 Å². The van der Waals surface area contributed by atoms with Gasteiger partial charge in [-0.1, -0.05) is 39.0 Å². The normalized spacial score (nSPS) is 19.6. The zero-order chi connectivity index (χ0) is 21.9. The van der Waals surface area contributed by atoms with Crippen molar-refractivity contribution in [3.8, 4) is 0 Å². The Morgan fingerprint density at radius 1 is 1.30 bits per heavy atom. The summed E-state index contributed by atoms with van der Waals surface area (Å²) in [6.07, 6.45) is 1.65. The summed E-state index contributed by atoms with van der Waals surface area (Å²) in [5.41, 5.74) is -0.0331. The van der Waals surface area contributed by atoms with Crippen LogP contribution in [-0.2, 0) is 9.16 Å². The zero-order valence-electron chi connectivity index (χ0n) is 18.0. The van der Waals surface area contributed by atoms with Crippen LogP contribution in [0.15, 0.2) is 47.4 Å². The topological polar surface area (TPSA) is 82.4 Å². The standard InChI is InChI=1S/C21H29N3O4SSi/c1-21(2,3)30(4,5)28-14-18-27-13-17(29-18)24-12-11-16(23-20(24)26)22-19(25)15-9-7-6-8-10-15/h6-12,17-18H,13-14H2,1-5H3,(H,22,23,25,26)/t17-,18-/m1/s1. The molecule has 0 spiro atoms. The average molecular weight is 448 g/mol. The highest BCUT2D eigenvalue weighted by atomic mass is 32.2. The van der Waals surface area contributed by atoms with E-state index in [-0.39, 0.29) is 27.6 Å². The molecule has 1 aliphatic heterocycles. The Morgan fingerprint density at radius 2 is 2.00 bits per heavy atom. The van der Waals surface area contributed by atoms with E-state index in [0.29, 0.717) is 18.8 Å². The number of ether oxygens (including phenoxy) is 1. The van der Waals surface area contributed by atoms with Crippen LogP contribution in [0, 0.1) is 0 Å². The van der Waals surface area contributed by atoms with Gasteiger partial charge in [0.05, 0.1) is 13.2 Å². The maximum atomic E-state index is 12.5. The van der Waals surface area contributed by atoms with Crippen molar-refractivity contribution >= 4 is 31.8 Å². The molecular weight excluding hydrogens is 418 g/mol. The molecule has 1 fully saturated rings. The van der Waals surface area contributed by atoms with E-state index in [2.05, 4.69) is 44.2 Å². The van der Waals surface area contributed by atoms with Gasteiger partial charge in [-0.15, -0.1) is 11.8 Å². The summed E-state index contributed by atoms with van der Waals surface area (Å²) in [6.45, 7) is 11.9. The van der Waals surface area contributed by atoms with Gasteiger partial charge in [0.25, 0.3) is 5.91 Å². The van der Waals surface area contributed by atoms with Gasteiger partial charge in [-0.2, -0.15) is 4.98 Å². The van der Waals surface area contributed by atoms with Gasteiger partial charge >= 0.3 is 5.69 Å². The monoisotopic (exact) mass is 447 g/mol. The van der Waals surface area contributed by atoms with Crippen molar-refractivity contribution in [3.05, 3.63) is 58.6 Å². The molecular formula is C21H29N3O4SSi. The summed E-state index contributed by atoms with van der Waals surface area (Å²) in [7, 11) is -1.85. The smallest absolute Gasteiger partial charge is 0.350 e. The third kappa shape index (κ3) is 5.40. The van der Waals surface area contributed by atoms with Gasteiger partial charge in [0.1, 0.15) is 16.6 Å². The molecule has 0 radical (unpaired) electrons. The molecule has 162 valence electrons. The lowest BCUT2D eigenvalue weighted by Crippen LogP contribution is -2.42. The Morgan fingerprint density at radius 3 is 2.63 bits per heavy atom. The third-order valence-electron chi connectivity index (χ3n) is 5.54. The second-order valence-corrected chi connectivity index (χ2v) is 14.9. The predicted octanol–water partition coefficient (Wildman–Crippen LogP) is 4.11. The Bertz CT molecular complexity index is 943. The number of rotatable bonds is 6. The third-order valence-corrected chi connectivity index (χ3v) is 11.3. The molecule has 2 heterocycles. The number of carbonyl (C=O) groups excluding carboxylic acids is 1. The van der Waals surface area contributed by atoms with Gasteiger partial charge in [0, 0.05) is 11.8 Å². The van der Waals surface area contributed by atoms with E-state index in [1.165, 1.54) is 4.57 Å². The maximum Gasteiger partial charge on any atom is 0.350 e. The molecule has 0 bridgehead atoms. The van der Waals surface area contributed by atoms with E-state index in [1.54, 1.807) is 48.3 Å². The van der Waals surface area contributed by atoms with Crippen LogP contribution in [0.25, 0.3) is 0 Å². The quantitative estimate of drug-likeness (QED) is 0.671. The predicted molar refractivity (Wildman–Crippen MR) is 122 cm³/mol. The molecule has 1 aromatic heterocycles. The summed E-state index contributed by atoms with van der Waals surface area (Å²) in [4.78, 5) is 28.8. The highest BCUT2D eigenvalue weighted by Crippen LogP contribution is 2.39. The molecule has 1 saturated heterocycles. The molecule has 1 amide bonds. The summed E-state index contributed by atoms with van der Waals surface area (Å²) in [5, 5.41) is 2.63. The fourth-order valence-corrected chi connectivity index (χ4v) is 4.87. The van der Waals surface area contributed by atoms with Crippen molar-refractivity contribution in [1.82, 2.24) is 9.55 Å². The van der Waals surface area contributed by atoms with E-state index in [9.17, 15) is 9.59 Å². The summed E-state index contributed by atoms with van der Waals surface area (Å²) in [6, 6.07) is 10.4. The Kier molecular flexibility index (Phi) is 6.86. The molecule has 1 aromatic carbocycles. The summed E-state index contributed by atoms with van der Waals surface area (Å²) < 4.78 is 13.6. The van der Waals surface area contributed by atoms with Crippen LogP contribution in [0.4, 0.5) is 5.82 Å². The van der Waals surface area contributed by atoms with E-state index in [0.717, 1.165) is 0 Å². The minimum absolute atomic E-state index is 0.117. The van der Waals surface area contributed by atoms with Crippen molar-refractivity contribution in [2.24, 2.45) is 0 Å². The Hall–Kier alpha value is -1.94.